The van der Waals surface area contributed by atoms with E-state index in [1.807, 2.05) is 31.2 Å². The molecule has 0 spiro atoms. The number of nitrogens with zero attached hydrogens (tertiary/aromatic N) is 3. The number of hydrogen-bond acceptors (Lipinski definition) is 6. The SMILES string of the molecule is Cc1cc(Nc2cc(C)c(F)cn2)nc(-c2ccc(CC(O)C3CCC(C(=O)O)CC3)nc2)c1. The largest absolute Gasteiger partial charge is 0.481 e. The minimum atomic E-state index is -0.739. The molecule has 3 heterocycles. The number of aliphatic hydroxyl groups is 1. The topological polar surface area (TPSA) is 108 Å². The number of hydrogen-bond donors (Lipinski definition) is 3. The minimum Gasteiger partial charge on any atom is -0.481 e. The zero-order chi connectivity index (χ0) is 24.2. The zero-order valence-electron chi connectivity index (χ0n) is 19.3. The summed E-state index contributed by atoms with van der Waals surface area (Å²) in [5, 5.41) is 22.9. The summed E-state index contributed by atoms with van der Waals surface area (Å²) in [6, 6.07) is 9.31. The molecular formula is C26H29FN4O3. The maximum atomic E-state index is 13.5. The fourth-order valence-electron chi connectivity index (χ4n) is 4.45. The first-order valence-corrected chi connectivity index (χ1v) is 11.5. The second kappa shape index (κ2) is 10.3. The van der Waals surface area contributed by atoms with Gasteiger partial charge in [-0.25, -0.2) is 14.4 Å². The van der Waals surface area contributed by atoms with Crippen molar-refractivity contribution in [1.29, 1.82) is 0 Å². The van der Waals surface area contributed by atoms with Crippen LogP contribution in [-0.4, -0.2) is 37.2 Å². The van der Waals surface area contributed by atoms with Crippen LogP contribution in [0.2, 0.25) is 0 Å². The molecule has 178 valence electrons. The molecule has 3 N–H and O–H groups in total. The van der Waals surface area contributed by atoms with Crippen molar-refractivity contribution in [1.82, 2.24) is 15.0 Å². The lowest BCUT2D eigenvalue weighted by Gasteiger charge is -2.29. The number of aromatic nitrogens is 3. The number of pyridine rings is 3. The number of halogens is 1. The number of nitrogens with one attached hydrogen (secondary N) is 1. The van der Waals surface area contributed by atoms with Gasteiger partial charge in [0, 0.05) is 23.9 Å². The van der Waals surface area contributed by atoms with E-state index in [4.69, 9.17) is 5.11 Å². The fourth-order valence-corrected chi connectivity index (χ4v) is 4.45. The van der Waals surface area contributed by atoms with E-state index in [-0.39, 0.29) is 17.7 Å². The summed E-state index contributed by atoms with van der Waals surface area (Å²) in [6.07, 6.45) is 5.51. The number of aliphatic hydroxyl groups excluding tert-OH is 1. The van der Waals surface area contributed by atoms with E-state index < -0.39 is 12.1 Å². The Hall–Kier alpha value is -3.39. The van der Waals surface area contributed by atoms with Gasteiger partial charge in [-0.2, -0.15) is 0 Å². The van der Waals surface area contributed by atoms with Crippen molar-refractivity contribution in [2.24, 2.45) is 11.8 Å². The quantitative estimate of drug-likeness (QED) is 0.459. The number of anilines is 2. The predicted molar refractivity (Wildman–Crippen MR) is 127 cm³/mol. The summed E-state index contributed by atoms with van der Waals surface area (Å²) in [5.41, 5.74) is 3.88. The number of carbonyl (C=O) groups is 1. The van der Waals surface area contributed by atoms with E-state index in [0.717, 1.165) is 35.4 Å². The average molecular weight is 465 g/mol. The van der Waals surface area contributed by atoms with Gasteiger partial charge in [0.2, 0.25) is 0 Å². The molecule has 0 aliphatic heterocycles. The number of rotatable bonds is 7. The molecule has 0 amide bonds. The van der Waals surface area contributed by atoms with Crippen LogP contribution >= 0.6 is 0 Å². The molecule has 1 saturated carbocycles. The van der Waals surface area contributed by atoms with Gasteiger partial charge < -0.3 is 15.5 Å². The van der Waals surface area contributed by atoms with E-state index in [1.54, 1.807) is 19.2 Å². The highest BCUT2D eigenvalue weighted by atomic mass is 19.1. The lowest BCUT2D eigenvalue weighted by atomic mass is 9.78. The Labute approximate surface area is 198 Å². The monoisotopic (exact) mass is 464 g/mol. The van der Waals surface area contributed by atoms with Crippen LogP contribution in [0.1, 0.15) is 42.5 Å². The molecule has 1 aliphatic rings. The van der Waals surface area contributed by atoms with Gasteiger partial charge in [0.25, 0.3) is 0 Å². The van der Waals surface area contributed by atoms with Crippen LogP contribution in [0.4, 0.5) is 16.0 Å². The lowest BCUT2D eigenvalue weighted by molar-refractivity contribution is -0.143. The molecule has 0 saturated heterocycles. The molecule has 7 nitrogen and oxygen atoms in total. The van der Waals surface area contributed by atoms with Crippen molar-refractivity contribution in [3.8, 4) is 11.3 Å². The van der Waals surface area contributed by atoms with Crippen LogP contribution in [0.15, 0.2) is 42.7 Å². The number of aryl methyl sites for hydroxylation is 2. The fraction of sp³-hybridized carbons (Fsp3) is 0.385. The van der Waals surface area contributed by atoms with Gasteiger partial charge in [0.15, 0.2) is 0 Å². The van der Waals surface area contributed by atoms with Crippen molar-refractivity contribution in [3.63, 3.8) is 0 Å². The Morgan fingerprint density at radius 1 is 1.09 bits per heavy atom. The smallest absolute Gasteiger partial charge is 0.306 e. The van der Waals surface area contributed by atoms with E-state index in [0.29, 0.717) is 36.5 Å². The molecule has 0 radical (unpaired) electrons. The zero-order valence-corrected chi connectivity index (χ0v) is 19.3. The Morgan fingerprint density at radius 3 is 2.50 bits per heavy atom. The third kappa shape index (κ3) is 5.75. The normalized spacial score (nSPS) is 18.9. The first-order chi connectivity index (χ1) is 16.3. The standard InChI is InChI=1S/C26H29FN4O3/c1-15-9-22(30-25(10-15)31-24-11-16(2)21(27)14-29-24)19-7-8-20(28-13-19)12-23(32)17-3-5-18(6-4-17)26(33)34/h7-11,13-14,17-18,23,32H,3-6,12H2,1-2H3,(H,33,34)(H,29,30,31). The number of aliphatic carboxylic acids is 1. The molecule has 1 aliphatic carbocycles. The van der Waals surface area contributed by atoms with Gasteiger partial charge in [-0.05, 0) is 86.9 Å². The van der Waals surface area contributed by atoms with Crippen LogP contribution in [0, 0.1) is 31.5 Å². The molecule has 3 aromatic heterocycles. The van der Waals surface area contributed by atoms with Crippen molar-refractivity contribution in [2.45, 2.75) is 52.1 Å². The first-order valence-electron chi connectivity index (χ1n) is 11.5. The molecule has 3 aromatic rings. The second-order valence-electron chi connectivity index (χ2n) is 9.12. The molecule has 0 bridgehead atoms. The van der Waals surface area contributed by atoms with Crippen LogP contribution in [0.3, 0.4) is 0 Å². The maximum absolute atomic E-state index is 13.5. The van der Waals surface area contributed by atoms with Crippen LogP contribution in [0.25, 0.3) is 11.3 Å². The highest BCUT2D eigenvalue weighted by molar-refractivity contribution is 5.70. The van der Waals surface area contributed by atoms with Gasteiger partial charge in [0.1, 0.15) is 17.5 Å². The van der Waals surface area contributed by atoms with E-state index in [1.165, 1.54) is 6.20 Å². The van der Waals surface area contributed by atoms with Crippen molar-refractivity contribution in [2.75, 3.05) is 5.32 Å². The summed E-state index contributed by atoms with van der Waals surface area (Å²) in [4.78, 5) is 24.4. The van der Waals surface area contributed by atoms with E-state index in [9.17, 15) is 14.3 Å². The summed E-state index contributed by atoms with van der Waals surface area (Å²) < 4.78 is 13.5. The molecule has 1 unspecified atom stereocenters. The van der Waals surface area contributed by atoms with Crippen LogP contribution < -0.4 is 5.32 Å². The molecule has 1 fully saturated rings. The lowest BCUT2D eigenvalue weighted by Crippen LogP contribution is -2.30. The molecular weight excluding hydrogens is 435 g/mol. The molecule has 8 heteroatoms. The summed E-state index contributed by atoms with van der Waals surface area (Å²) in [5.74, 6) is -0.157. The van der Waals surface area contributed by atoms with Gasteiger partial charge >= 0.3 is 5.97 Å². The van der Waals surface area contributed by atoms with E-state index >= 15 is 0 Å². The molecule has 0 aromatic carbocycles. The second-order valence-corrected chi connectivity index (χ2v) is 9.12. The highest BCUT2D eigenvalue weighted by Crippen LogP contribution is 2.32. The number of carboxylic acids is 1. The Kier molecular flexibility index (Phi) is 7.17. The first kappa shape index (κ1) is 23.8. The van der Waals surface area contributed by atoms with Gasteiger partial charge in [-0.3, -0.25) is 9.78 Å². The van der Waals surface area contributed by atoms with Crippen LogP contribution in [-0.2, 0) is 11.2 Å². The van der Waals surface area contributed by atoms with E-state index in [2.05, 4.69) is 20.3 Å². The van der Waals surface area contributed by atoms with Crippen LogP contribution in [0.5, 0.6) is 0 Å². The Morgan fingerprint density at radius 2 is 1.85 bits per heavy atom. The average Bonchev–Trinajstić information content (AvgIpc) is 2.81. The van der Waals surface area contributed by atoms with Crippen molar-refractivity contribution < 1.29 is 19.4 Å². The third-order valence-corrected chi connectivity index (χ3v) is 6.48. The minimum absolute atomic E-state index is 0.104. The summed E-state index contributed by atoms with van der Waals surface area (Å²) in [7, 11) is 0. The molecule has 4 rings (SSSR count). The van der Waals surface area contributed by atoms with Crippen molar-refractivity contribution >= 4 is 17.6 Å². The Balaban J connectivity index is 1.42. The van der Waals surface area contributed by atoms with Crippen molar-refractivity contribution in [3.05, 3.63) is 65.4 Å². The third-order valence-electron chi connectivity index (χ3n) is 6.48. The maximum Gasteiger partial charge on any atom is 0.306 e. The summed E-state index contributed by atoms with van der Waals surface area (Å²) in [6.45, 7) is 3.65. The molecule has 34 heavy (non-hydrogen) atoms. The predicted octanol–water partition coefficient (Wildman–Crippen LogP) is 4.83. The van der Waals surface area contributed by atoms with Gasteiger partial charge in [0.05, 0.1) is 23.9 Å². The van der Waals surface area contributed by atoms with Gasteiger partial charge in [-0.15, -0.1) is 0 Å². The van der Waals surface area contributed by atoms with Gasteiger partial charge in [-0.1, -0.05) is 0 Å². The summed E-state index contributed by atoms with van der Waals surface area (Å²) >= 11 is 0. The number of carboxylic acid groups (broad SMARTS) is 1. The Bertz CT molecular complexity index is 1160. The molecule has 1 atom stereocenters. The highest BCUT2D eigenvalue weighted by Gasteiger charge is 2.29.